The summed E-state index contributed by atoms with van der Waals surface area (Å²) < 4.78 is 0. The van der Waals surface area contributed by atoms with Gasteiger partial charge in [0.05, 0.1) is 0 Å². The van der Waals surface area contributed by atoms with E-state index in [0.29, 0.717) is 5.56 Å². The Morgan fingerprint density at radius 1 is 0.941 bits per heavy atom. The zero-order valence-corrected chi connectivity index (χ0v) is 10.5. The molecule has 0 spiro atoms. The molecule has 1 rings (SSSR count). The zero-order chi connectivity index (χ0) is 13.0. The monoisotopic (exact) mass is 272 g/mol. The van der Waals surface area contributed by atoms with Crippen LogP contribution in [0.1, 0.15) is 11.5 Å². The van der Waals surface area contributed by atoms with Crippen LogP contribution in [-0.4, -0.2) is 32.7 Å². The van der Waals surface area contributed by atoms with Crippen molar-refractivity contribution >= 4 is 37.2 Å². The quantitative estimate of drug-likeness (QED) is 0.613. The van der Waals surface area contributed by atoms with Crippen molar-refractivity contribution < 1.29 is 19.8 Å². The molecule has 0 heterocycles. The average Bonchev–Trinajstić information content (AvgIpc) is 2.30. The van der Waals surface area contributed by atoms with Gasteiger partial charge in [0.15, 0.2) is 0 Å². The Morgan fingerprint density at radius 3 is 1.71 bits per heavy atom. The molecule has 0 aliphatic rings. The Kier molecular flexibility index (Phi) is 4.89. The van der Waals surface area contributed by atoms with Crippen LogP contribution in [-0.2, 0) is 9.59 Å². The third-order valence-corrected chi connectivity index (χ3v) is 3.45. The van der Waals surface area contributed by atoms with Crippen LogP contribution in [0.25, 0.3) is 0 Å². The van der Waals surface area contributed by atoms with Crippen molar-refractivity contribution in [2.75, 3.05) is 0 Å². The van der Waals surface area contributed by atoms with Crippen molar-refractivity contribution in [3.05, 3.63) is 35.9 Å². The molecule has 1 aromatic carbocycles. The van der Waals surface area contributed by atoms with Crippen LogP contribution in [0, 0.1) is 0 Å². The van der Waals surface area contributed by atoms with Crippen LogP contribution in [0.2, 0.25) is 0 Å². The van der Waals surface area contributed by atoms with Gasteiger partial charge in [-0.15, -0.1) is 0 Å². The Bertz CT molecular complexity index is 387. The largest absolute Gasteiger partial charge is 0.480 e. The summed E-state index contributed by atoms with van der Waals surface area (Å²) in [4.78, 5) is 21.9. The normalized spacial score (nSPS) is 15.9. The second-order valence-corrected chi connectivity index (χ2v) is 4.62. The minimum atomic E-state index is -1.16. The van der Waals surface area contributed by atoms with E-state index in [2.05, 4.69) is 25.3 Å². The first-order chi connectivity index (χ1) is 7.95. The molecule has 0 aliphatic heterocycles. The van der Waals surface area contributed by atoms with Crippen molar-refractivity contribution in [1.82, 2.24) is 0 Å². The van der Waals surface area contributed by atoms with Crippen molar-refractivity contribution in [2.45, 2.75) is 16.4 Å². The van der Waals surface area contributed by atoms with E-state index in [1.807, 2.05) is 0 Å². The molecule has 0 aromatic heterocycles. The minimum Gasteiger partial charge on any atom is -0.480 e. The fourth-order valence-corrected chi connectivity index (χ4v) is 2.34. The van der Waals surface area contributed by atoms with Gasteiger partial charge in [0.25, 0.3) is 0 Å². The molecule has 17 heavy (non-hydrogen) atoms. The molecule has 6 heteroatoms. The van der Waals surface area contributed by atoms with Gasteiger partial charge in [-0.3, -0.25) is 9.59 Å². The lowest BCUT2D eigenvalue weighted by Gasteiger charge is -2.23. The highest BCUT2D eigenvalue weighted by Gasteiger charge is 2.35. The lowest BCUT2D eigenvalue weighted by molar-refractivity contribution is -0.138. The van der Waals surface area contributed by atoms with Gasteiger partial charge in [-0.1, -0.05) is 30.3 Å². The summed E-state index contributed by atoms with van der Waals surface area (Å²) in [5.41, 5.74) is 0.595. The van der Waals surface area contributed by atoms with E-state index in [1.165, 1.54) is 0 Å². The third-order valence-electron chi connectivity index (χ3n) is 2.37. The number of hydrogen-bond donors (Lipinski definition) is 4. The molecule has 0 fully saturated rings. The minimum absolute atomic E-state index is 0.595. The summed E-state index contributed by atoms with van der Waals surface area (Å²) in [6, 6.07) is 8.54. The summed E-state index contributed by atoms with van der Waals surface area (Å²) in [5.74, 6) is -3.12. The van der Waals surface area contributed by atoms with E-state index in [9.17, 15) is 9.59 Å². The van der Waals surface area contributed by atoms with Crippen LogP contribution in [0.4, 0.5) is 0 Å². The Morgan fingerprint density at radius 2 is 1.35 bits per heavy atom. The highest BCUT2D eigenvalue weighted by Crippen LogP contribution is 2.30. The molecule has 0 bridgehead atoms. The van der Waals surface area contributed by atoms with Gasteiger partial charge in [-0.05, 0) is 5.56 Å². The van der Waals surface area contributed by atoms with E-state index >= 15 is 0 Å². The Balaban J connectivity index is 3.11. The molecule has 92 valence electrons. The van der Waals surface area contributed by atoms with E-state index in [0.717, 1.165) is 0 Å². The standard InChI is InChI=1S/C11H12O4S2/c12-10(13)8(16)7(9(17)11(14)15)6-4-2-1-3-5-6/h1-5,7-9,16-17H,(H,12,13)(H,14,15). The third kappa shape index (κ3) is 3.41. The molecule has 0 amide bonds. The van der Waals surface area contributed by atoms with E-state index in [4.69, 9.17) is 10.2 Å². The first-order valence-electron chi connectivity index (χ1n) is 4.82. The first kappa shape index (κ1) is 13.9. The second kappa shape index (κ2) is 5.97. The van der Waals surface area contributed by atoms with E-state index < -0.39 is 28.4 Å². The summed E-state index contributed by atoms with van der Waals surface area (Å²) in [6.45, 7) is 0. The molecular weight excluding hydrogens is 260 g/mol. The maximum Gasteiger partial charge on any atom is 0.317 e. The molecule has 4 nitrogen and oxygen atoms in total. The smallest absolute Gasteiger partial charge is 0.317 e. The van der Waals surface area contributed by atoms with Gasteiger partial charge >= 0.3 is 11.9 Å². The summed E-state index contributed by atoms with van der Waals surface area (Å²) >= 11 is 7.91. The van der Waals surface area contributed by atoms with Crippen LogP contribution in [0.3, 0.4) is 0 Å². The van der Waals surface area contributed by atoms with Crippen LogP contribution < -0.4 is 0 Å². The number of rotatable bonds is 5. The predicted octanol–water partition coefficient (Wildman–Crippen LogP) is 1.54. The summed E-state index contributed by atoms with van der Waals surface area (Å²) in [5, 5.41) is 15.7. The topological polar surface area (TPSA) is 74.6 Å². The molecule has 2 atom stereocenters. The van der Waals surface area contributed by atoms with Crippen molar-refractivity contribution in [2.24, 2.45) is 0 Å². The second-order valence-electron chi connectivity index (χ2n) is 3.50. The number of benzene rings is 1. The molecule has 0 radical (unpaired) electrons. The van der Waals surface area contributed by atoms with Crippen LogP contribution in [0.15, 0.2) is 30.3 Å². The predicted molar refractivity (Wildman–Crippen MR) is 70.0 cm³/mol. The Hall–Kier alpha value is -1.14. The SMILES string of the molecule is O=C(O)C(S)C(c1ccccc1)C(S)C(=O)O. The van der Waals surface area contributed by atoms with Gasteiger partial charge in [0.1, 0.15) is 10.5 Å². The van der Waals surface area contributed by atoms with Crippen molar-refractivity contribution in [3.63, 3.8) is 0 Å². The Labute approximate surface area is 109 Å². The van der Waals surface area contributed by atoms with E-state index in [-0.39, 0.29) is 0 Å². The maximum absolute atomic E-state index is 10.9. The number of carbonyl (C=O) groups is 2. The lowest BCUT2D eigenvalue weighted by Crippen LogP contribution is -2.33. The molecule has 0 saturated carbocycles. The molecule has 2 unspecified atom stereocenters. The maximum atomic E-state index is 10.9. The van der Waals surface area contributed by atoms with E-state index in [1.54, 1.807) is 30.3 Å². The summed E-state index contributed by atoms with van der Waals surface area (Å²) in [7, 11) is 0. The van der Waals surface area contributed by atoms with Gasteiger partial charge in [0, 0.05) is 5.92 Å². The number of carboxylic acids is 2. The fraction of sp³-hybridized carbons (Fsp3) is 0.273. The van der Waals surface area contributed by atoms with Crippen LogP contribution >= 0.6 is 25.3 Å². The van der Waals surface area contributed by atoms with Crippen molar-refractivity contribution in [3.8, 4) is 0 Å². The van der Waals surface area contributed by atoms with Crippen LogP contribution in [0.5, 0.6) is 0 Å². The zero-order valence-electron chi connectivity index (χ0n) is 8.72. The number of hydrogen-bond acceptors (Lipinski definition) is 4. The number of carboxylic acid groups (broad SMARTS) is 2. The summed E-state index contributed by atoms with van der Waals surface area (Å²) in [6.07, 6.45) is 0. The molecule has 2 N–H and O–H groups in total. The fourth-order valence-electron chi connectivity index (χ4n) is 1.52. The molecule has 0 saturated heterocycles. The van der Waals surface area contributed by atoms with Gasteiger partial charge in [0.2, 0.25) is 0 Å². The number of thiol groups is 2. The molecule has 0 aliphatic carbocycles. The number of aliphatic carboxylic acids is 2. The molecule has 1 aromatic rings. The lowest BCUT2D eigenvalue weighted by atomic mass is 9.91. The first-order valence-corrected chi connectivity index (χ1v) is 5.85. The van der Waals surface area contributed by atoms with Gasteiger partial charge < -0.3 is 10.2 Å². The highest BCUT2D eigenvalue weighted by atomic mass is 32.1. The average molecular weight is 272 g/mol. The van der Waals surface area contributed by atoms with Crippen molar-refractivity contribution in [1.29, 1.82) is 0 Å². The molecular formula is C11H12O4S2. The highest BCUT2D eigenvalue weighted by molar-refractivity contribution is 7.83. The van der Waals surface area contributed by atoms with Gasteiger partial charge in [-0.2, -0.15) is 25.3 Å². The van der Waals surface area contributed by atoms with Gasteiger partial charge in [-0.25, -0.2) is 0 Å².